The molecule has 1 aromatic heterocycles. The zero-order chi connectivity index (χ0) is 13.8. The molecule has 0 fully saturated rings. The second-order valence-electron chi connectivity index (χ2n) is 4.60. The molecule has 0 aliphatic heterocycles. The SMILES string of the molecule is CCCNC(c1cc(C)cc(F)c1)c1ccoc1Br. The molecule has 1 aromatic carbocycles. The number of furan rings is 1. The number of nitrogens with one attached hydrogen (secondary N) is 1. The minimum Gasteiger partial charge on any atom is -0.457 e. The Bertz CT molecular complexity index is 533. The van der Waals surface area contributed by atoms with E-state index in [1.54, 1.807) is 12.3 Å². The van der Waals surface area contributed by atoms with Crippen LogP contribution >= 0.6 is 15.9 Å². The Morgan fingerprint density at radius 1 is 1.37 bits per heavy atom. The maximum Gasteiger partial charge on any atom is 0.174 e. The average molecular weight is 326 g/mol. The monoisotopic (exact) mass is 325 g/mol. The van der Waals surface area contributed by atoms with E-state index < -0.39 is 0 Å². The quantitative estimate of drug-likeness (QED) is 0.870. The standard InChI is InChI=1S/C15H17BrFNO/c1-3-5-18-14(13-4-6-19-15(13)16)11-7-10(2)8-12(17)9-11/h4,6-9,14,18H,3,5H2,1-2H3. The molecule has 1 heterocycles. The first-order chi connectivity index (χ1) is 9.11. The summed E-state index contributed by atoms with van der Waals surface area (Å²) in [5, 5.41) is 3.43. The second kappa shape index (κ2) is 6.35. The lowest BCUT2D eigenvalue weighted by molar-refractivity contribution is 0.522. The molecule has 1 N–H and O–H groups in total. The normalized spacial score (nSPS) is 12.6. The van der Waals surface area contributed by atoms with Crippen molar-refractivity contribution < 1.29 is 8.81 Å². The van der Waals surface area contributed by atoms with E-state index >= 15 is 0 Å². The molecule has 4 heteroatoms. The summed E-state index contributed by atoms with van der Waals surface area (Å²) in [5.74, 6) is -0.210. The van der Waals surface area contributed by atoms with Gasteiger partial charge in [-0.1, -0.05) is 13.0 Å². The Hall–Kier alpha value is -1.13. The van der Waals surface area contributed by atoms with E-state index in [-0.39, 0.29) is 11.9 Å². The molecule has 0 bridgehead atoms. The Labute approximate surface area is 121 Å². The van der Waals surface area contributed by atoms with Crippen LogP contribution in [0.2, 0.25) is 0 Å². The summed E-state index contributed by atoms with van der Waals surface area (Å²) in [4.78, 5) is 0. The van der Waals surface area contributed by atoms with Gasteiger partial charge in [-0.15, -0.1) is 0 Å². The average Bonchev–Trinajstić information content (AvgIpc) is 2.75. The van der Waals surface area contributed by atoms with Crippen LogP contribution in [0.1, 0.15) is 36.1 Å². The van der Waals surface area contributed by atoms with Crippen LogP contribution in [0.25, 0.3) is 0 Å². The Kier molecular flexibility index (Phi) is 4.77. The van der Waals surface area contributed by atoms with Gasteiger partial charge >= 0.3 is 0 Å². The van der Waals surface area contributed by atoms with Crippen molar-refractivity contribution in [2.45, 2.75) is 26.3 Å². The Balaban J connectivity index is 2.39. The number of benzene rings is 1. The van der Waals surface area contributed by atoms with Crippen LogP contribution in [0.4, 0.5) is 4.39 Å². The van der Waals surface area contributed by atoms with Crippen LogP contribution in [0, 0.1) is 12.7 Å². The molecule has 0 radical (unpaired) electrons. The number of hydrogen-bond donors (Lipinski definition) is 1. The van der Waals surface area contributed by atoms with Crippen LogP contribution < -0.4 is 5.32 Å². The van der Waals surface area contributed by atoms with E-state index in [1.807, 2.05) is 19.1 Å². The lowest BCUT2D eigenvalue weighted by atomic mass is 9.99. The molecule has 102 valence electrons. The summed E-state index contributed by atoms with van der Waals surface area (Å²) in [7, 11) is 0. The van der Waals surface area contributed by atoms with E-state index in [0.717, 1.165) is 29.7 Å². The van der Waals surface area contributed by atoms with Crippen molar-refractivity contribution >= 4 is 15.9 Å². The number of halogens is 2. The first-order valence-electron chi connectivity index (χ1n) is 6.35. The predicted octanol–water partition coefficient (Wildman–Crippen LogP) is 4.58. The highest BCUT2D eigenvalue weighted by molar-refractivity contribution is 9.10. The van der Waals surface area contributed by atoms with Crippen LogP contribution in [-0.2, 0) is 0 Å². The van der Waals surface area contributed by atoms with Gasteiger partial charge in [0.1, 0.15) is 5.82 Å². The lowest BCUT2D eigenvalue weighted by Gasteiger charge is -2.19. The van der Waals surface area contributed by atoms with E-state index in [2.05, 4.69) is 28.2 Å². The van der Waals surface area contributed by atoms with E-state index in [4.69, 9.17) is 4.42 Å². The fraction of sp³-hybridized carbons (Fsp3) is 0.333. The molecule has 0 spiro atoms. The van der Waals surface area contributed by atoms with Gasteiger partial charge in [-0.25, -0.2) is 4.39 Å². The van der Waals surface area contributed by atoms with Gasteiger partial charge in [-0.2, -0.15) is 0 Å². The molecule has 2 rings (SSSR count). The first kappa shape index (κ1) is 14.3. The van der Waals surface area contributed by atoms with Crippen molar-refractivity contribution in [1.82, 2.24) is 5.32 Å². The van der Waals surface area contributed by atoms with Crippen LogP contribution in [0.5, 0.6) is 0 Å². The third kappa shape index (κ3) is 3.45. The molecule has 1 unspecified atom stereocenters. The van der Waals surface area contributed by atoms with Crippen molar-refractivity contribution in [2.75, 3.05) is 6.54 Å². The van der Waals surface area contributed by atoms with Gasteiger partial charge < -0.3 is 9.73 Å². The molecular formula is C15H17BrFNO. The van der Waals surface area contributed by atoms with Gasteiger partial charge in [-0.05, 0) is 65.1 Å². The highest BCUT2D eigenvalue weighted by Gasteiger charge is 2.19. The Morgan fingerprint density at radius 3 is 2.74 bits per heavy atom. The van der Waals surface area contributed by atoms with E-state index in [1.165, 1.54) is 6.07 Å². The molecule has 0 aliphatic rings. The fourth-order valence-corrected chi connectivity index (χ4v) is 2.61. The van der Waals surface area contributed by atoms with Gasteiger partial charge in [-0.3, -0.25) is 0 Å². The molecule has 0 aliphatic carbocycles. The number of rotatable bonds is 5. The molecular weight excluding hydrogens is 309 g/mol. The summed E-state index contributed by atoms with van der Waals surface area (Å²) in [5.41, 5.74) is 2.81. The molecule has 2 nitrogen and oxygen atoms in total. The maximum absolute atomic E-state index is 13.6. The predicted molar refractivity (Wildman–Crippen MR) is 77.7 cm³/mol. The van der Waals surface area contributed by atoms with Crippen LogP contribution in [0.3, 0.4) is 0 Å². The van der Waals surface area contributed by atoms with Crippen molar-refractivity contribution in [3.63, 3.8) is 0 Å². The molecule has 0 amide bonds. The van der Waals surface area contributed by atoms with E-state index in [9.17, 15) is 4.39 Å². The summed E-state index contributed by atoms with van der Waals surface area (Å²) in [6, 6.07) is 6.93. The van der Waals surface area contributed by atoms with Gasteiger partial charge in [0.15, 0.2) is 4.67 Å². The summed E-state index contributed by atoms with van der Waals surface area (Å²) in [6.07, 6.45) is 2.65. The molecule has 0 saturated heterocycles. The van der Waals surface area contributed by atoms with Crippen molar-refractivity contribution in [3.8, 4) is 0 Å². The zero-order valence-electron chi connectivity index (χ0n) is 11.0. The Morgan fingerprint density at radius 2 is 2.16 bits per heavy atom. The minimum atomic E-state index is -0.210. The molecule has 2 aromatic rings. The smallest absolute Gasteiger partial charge is 0.174 e. The van der Waals surface area contributed by atoms with Gasteiger partial charge in [0.05, 0.1) is 12.3 Å². The zero-order valence-corrected chi connectivity index (χ0v) is 12.6. The van der Waals surface area contributed by atoms with Crippen LogP contribution in [-0.4, -0.2) is 6.54 Å². The minimum absolute atomic E-state index is 0.0672. The molecule has 1 atom stereocenters. The van der Waals surface area contributed by atoms with Crippen molar-refractivity contribution in [1.29, 1.82) is 0 Å². The summed E-state index contributed by atoms with van der Waals surface area (Å²) in [6.45, 7) is 4.86. The van der Waals surface area contributed by atoms with Crippen molar-refractivity contribution in [3.05, 3.63) is 57.7 Å². The topological polar surface area (TPSA) is 25.2 Å². The van der Waals surface area contributed by atoms with E-state index in [0.29, 0.717) is 4.67 Å². The molecule has 0 saturated carbocycles. The third-order valence-corrected chi connectivity index (χ3v) is 3.60. The fourth-order valence-electron chi connectivity index (χ4n) is 2.14. The van der Waals surface area contributed by atoms with Crippen LogP contribution in [0.15, 0.2) is 39.6 Å². The highest BCUT2D eigenvalue weighted by Crippen LogP contribution is 2.30. The van der Waals surface area contributed by atoms with Gasteiger partial charge in [0, 0.05) is 5.56 Å². The molecule has 19 heavy (non-hydrogen) atoms. The van der Waals surface area contributed by atoms with Crippen molar-refractivity contribution in [2.24, 2.45) is 0 Å². The first-order valence-corrected chi connectivity index (χ1v) is 7.14. The maximum atomic E-state index is 13.6. The van der Waals surface area contributed by atoms with Gasteiger partial charge in [0.2, 0.25) is 0 Å². The number of aryl methyl sites for hydroxylation is 1. The van der Waals surface area contributed by atoms with Gasteiger partial charge in [0.25, 0.3) is 0 Å². The largest absolute Gasteiger partial charge is 0.457 e. The number of hydrogen-bond acceptors (Lipinski definition) is 2. The third-order valence-electron chi connectivity index (χ3n) is 2.95. The second-order valence-corrected chi connectivity index (χ2v) is 5.32. The highest BCUT2D eigenvalue weighted by atomic mass is 79.9. The summed E-state index contributed by atoms with van der Waals surface area (Å²) < 4.78 is 19.6. The lowest BCUT2D eigenvalue weighted by Crippen LogP contribution is -2.23. The summed E-state index contributed by atoms with van der Waals surface area (Å²) >= 11 is 3.39.